The molecule has 9 heteroatoms. The lowest BCUT2D eigenvalue weighted by molar-refractivity contribution is -0.131. The van der Waals surface area contributed by atoms with Crippen LogP contribution < -0.4 is 19.3 Å². The Morgan fingerprint density at radius 3 is 2.38 bits per heavy atom. The van der Waals surface area contributed by atoms with Gasteiger partial charge in [0, 0.05) is 45.3 Å². The first-order valence-corrected chi connectivity index (χ1v) is 11.0. The maximum Gasteiger partial charge on any atom is 0.325 e. The molecule has 0 aromatic heterocycles. The number of hydrogen-bond donors (Lipinski definition) is 0. The number of carbonyl (C=O) groups excluding carboxylic acids is 2. The predicted octanol–water partition coefficient (Wildman–Crippen LogP) is 2.95. The van der Waals surface area contributed by atoms with Crippen molar-refractivity contribution in [1.29, 1.82) is 0 Å². The lowest BCUT2D eigenvalue weighted by Crippen LogP contribution is -2.51. The summed E-state index contributed by atoms with van der Waals surface area (Å²) in [6, 6.07) is 12.8. The van der Waals surface area contributed by atoms with Crippen molar-refractivity contribution >= 4 is 34.9 Å². The first kappa shape index (κ1) is 22.1. The Hall–Kier alpha value is -3.13. The Labute approximate surface area is 192 Å². The molecule has 3 amide bonds. The van der Waals surface area contributed by atoms with E-state index in [1.165, 1.54) is 0 Å². The monoisotopic (exact) mass is 458 g/mol. The van der Waals surface area contributed by atoms with Crippen LogP contribution in [0.1, 0.15) is 0 Å². The van der Waals surface area contributed by atoms with Crippen molar-refractivity contribution in [3.63, 3.8) is 0 Å². The number of para-hydroxylation sites is 1. The fraction of sp³-hybridized carbons (Fsp3) is 0.391. The molecule has 0 bridgehead atoms. The predicted molar refractivity (Wildman–Crippen MR) is 124 cm³/mol. The number of urea groups is 1. The van der Waals surface area contributed by atoms with E-state index >= 15 is 0 Å². The van der Waals surface area contributed by atoms with Crippen molar-refractivity contribution in [1.82, 2.24) is 9.80 Å². The molecule has 2 heterocycles. The molecule has 0 spiro atoms. The van der Waals surface area contributed by atoms with Crippen LogP contribution in [-0.4, -0.2) is 81.8 Å². The minimum absolute atomic E-state index is 0.0448. The van der Waals surface area contributed by atoms with Gasteiger partial charge in [-0.15, -0.1) is 0 Å². The molecule has 2 aliphatic heterocycles. The Balaban J connectivity index is 1.36. The van der Waals surface area contributed by atoms with Gasteiger partial charge in [0.2, 0.25) is 5.91 Å². The topological polar surface area (TPSA) is 65.6 Å². The minimum Gasteiger partial charge on any atom is -0.497 e. The minimum atomic E-state index is -0.209. The summed E-state index contributed by atoms with van der Waals surface area (Å²) in [5.41, 5.74) is 1.62. The average Bonchev–Trinajstić information content (AvgIpc) is 3.18. The van der Waals surface area contributed by atoms with Gasteiger partial charge in [0.15, 0.2) is 0 Å². The smallest absolute Gasteiger partial charge is 0.325 e. The number of benzene rings is 2. The highest BCUT2D eigenvalue weighted by Gasteiger charge is 2.34. The third-order valence-corrected chi connectivity index (χ3v) is 6.24. The van der Waals surface area contributed by atoms with Crippen LogP contribution in [0.3, 0.4) is 0 Å². The molecule has 2 aromatic rings. The first-order chi connectivity index (χ1) is 15.5. The summed E-state index contributed by atoms with van der Waals surface area (Å²) in [5, 5.41) is 0.711. The second kappa shape index (κ2) is 9.56. The molecule has 0 atom stereocenters. The second-order valence-corrected chi connectivity index (χ2v) is 8.12. The summed E-state index contributed by atoms with van der Waals surface area (Å²) in [7, 11) is 3.14. The summed E-state index contributed by atoms with van der Waals surface area (Å²) in [6.07, 6.45) is 0. The number of ether oxygens (including phenoxy) is 2. The van der Waals surface area contributed by atoms with Crippen LogP contribution in [0.2, 0.25) is 5.02 Å². The zero-order valence-corrected chi connectivity index (χ0v) is 19.0. The second-order valence-electron chi connectivity index (χ2n) is 7.71. The number of hydrogen-bond acceptors (Lipinski definition) is 5. The van der Waals surface area contributed by atoms with Crippen LogP contribution in [0.5, 0.6) is 11.5 Å². The van der Waals surface area contributed by atoms with Gasteiger partial charge in [-0.1, -0.05) is 23.7 Å². The molecular formula is C23H27ClN4O4. The maximum atomic E-state index is 13.0. The number of amides is 3. The summed E-state index contributed by atoms with van der Waals surface area (Å²) < 4.78 is 10.7. The van der Waals surface area contributed by atoms with Crippen LogP contribution in [0.25, 0.3) is 0 Å². The molecule has 0 aliphatic carbocycles. The number of carbonyl (C=O) groups is 2. The number of rotatable bonds is 6. The van der Waals surface area contributed by atoms with E-state index in [1.807, 2.05) is 29.2 Å². The van der Waals surface area contributed by atoms with Gasteiger partial charge in [0.25, 0.3) is 0 Å². The van der Waals surface area contributed by atoms with Gasteiger partial charge in [-0.2, -0.15) is 0 Å². The van der Waals surface area contributed by atoms with E-state index in [0.717, 1.165) is 5.69 Å². The number of nitrogens with zero attached hydrogens (tertiary/aromatic N) is 4. The average molecular weight is 459 g/mol. The van der Waals surface area contributed by atoms with Gasteiger partial charge in [-0.25, -0.2) is 4.79 Å². The summed E-state index contributed by atoms with van der Waals surface area (Å²) >= 11 is 6.30. The summed E-state index contributed by atoms with van der Waals surface area (Å²) in [6.45, 7) is 3.63. The highest BCUT2D eigenvalue weighted by molar-refractivity contribution is 6.33. The fourth-order valence-electron chi connectivity index (χ4n) is 4.13. The highest BCUT2D eigenvalue weighted by atomic mass is 35.5. The Bertz CT molecular complexity index is 994. The van der Waals surface area contributed by atoms with Crippen LogP contribution in [-0.2, 0) is 4.79 Å². The third-order valence-electron chi connectivity index (χ3n) is 5.92. The zero-order chi connectivity index (χ0) is 22.7. The van der Waals surface area contributed by atoms with E-state index in [1.54, 1.807) is 42.2 Å². The van der Waals surface area contributed by atoms with E-state index in [9.17, 15) is 9.59 Å². The van der Waals surface area contributed by atoms with Crippen molar-refractivity contribution in [2.45, 2.75) is 0 Å². The molecule has 170 valence electrons. The SMILES string of the molecule is COc1ccc(OC)c(N2CCN(CC(=O)N3CCN(c4ccccc4Cl)CC3)C2=O)c1. The third kappa shape index (κ3) is 4.41. The first-order valence-electron chi connectivity index (χ1n) is 10.6. The molecule has 0 saturated carbocycles. The van der Waals surface area contributed by atoms with Crippen molar-refractivity contribution in [3.8, 4) is 11.5 Å². The van der Waals surface area contributed by atoms with Crippen LogP contribution >= 0.6 is 11.6 Å². The van der Waals surface area contributed by atoms with Gasteiger partial charge in [0.1, 0.15) is 18.0 Å². The highest BCUT2D eigenvalue weighted by Crippen LogP contribution is 2.34. The quantitative estimate of drug-likeness (QED) is 0.666. The number of piperazine rings is 1. The zero-order valence-electron chi connectivity index (χ0n) is 18.3. The van der Waals surface area contributed by atoms with Crippen molar-refractivity contribution in [2.75, 3.05) is 69.8 Å². The van der Waals surface area contributed by atoms with E-state index in [-0.39, 0.29) is 18.5 Å². The van der Waals surface area contributed by atoms with Crippen LogP contribution in [0.15, 0.2) is 42.5 Å². The molecular weight excluding hydrogens is 432 g/mol. The molecule has 2 saturated heterocycles. The van der Waals surface area contributed by atoms with E-state index in [0.29, 0.717) is 61.5 Å². The number of methoxy groups -OCH3 is 2. The molecule has 0 unspecified atom stereocenters. The lowest BCUT2D eigenvalue weighted by Gasteiger charge is -2.37. The number of halogens is 1. The van der Waals surface area contributed by atoms with Gasteiger partial charge < -0.3 is 24.2 Å². The Morgan fingerprint density at radius 2 is 1.69 bits per heavy atom. The fourth-order valence-corrected chi connectivity index (χ4v) is 4.38. The summed E-state index contributed by atoms with van der Waals surface area (Å²) in [5.74, 6) is 1.18. The summed E-state index contributed by atoms with van der Waals surface area (Å²) in [4.78, 5) is 33.1. The standard InChI is InChI=1S/C23H27ClN4O4/c1-31-17-7-8-21(32-2)20(15-17)28-14-13-27(23(28)30)16-22(29)26-11-9-25(10-12-26)19-6-4-3-5-18(19)24/h3-8,15H,9-14,16H2,1-2H3. The molecule has 0 N–H and O–H groups in total. The van der Waals surface area contributed by atoms with Gasteiger partial charge in [-0.05, 0) is 24.3 Å². The van der Waals surface area contributed by atoms with Crippen molar-refractivity contribution in [3.05, 3.63) is 47.5 Å². The molecule has 32 heavy (non-hydrogen) atoms. The van der Waals surface area contributed by atoms with Gasteiger partial charge in [0.05, 0.1) is 30.6 Å². The maximum absolute atomic E-state index is 13.0. The van der Waals surface area contributed by atoms with Gasteiger partial charge in [-0.3, -0.25) is 9.69 Å². The van der Waals surface area contributed by atoms with Gasteiger partial charge >= 0.3 is 6.03 Å². The molecule has 8 nitrogen and oxygen atoms in total. The Morgan fingerprint density at radius 1 is 0.938 bits per heavy atom. The van der Waals surface area contributed by atoms with Crippen LogP contribution in [0, 0.1) is 0 Å². The molecule has 2 fully saturated rings. The largest absolute Gasteiger partial charge is 0.497 e. The van der Waals surface area contributed by atoms with E-state index in [2.05, 4.69) is 4.90 Å². The van der Waals surface area contributed by atoms with E-state index in [4.69, 9.17) is 21.1 Å². The Kier molecular flexibility index (Phi) is 6.60. The normalized spacial score (nSPS) is 16.5. The lowest BCUT2D eigenvalue weighted by atomic mass is 10.2. The molecule has 4 rings (SSSR count). The van der Waals surface area contributed by atoms with Crippen molar-refractivity contribution < 1.29 is 19.1 Å². The van der Waals surface area contributed by atoms with Crippen molar-refractivity contribution in [2.24, 2.45) is 0 Å². The molecule has 2 aromatic carbocycles. The van der Waals surface area contributed by atoms with E-state index < -0.39 is 0 Å². The number of anilines is 2. The molecule has 0 radical (unpaired) electrons. The molecule has 2 aliphatic rings. The van der Waals surface area contributed by atoms with Crippen LogP contribution in [0.4, 0.5) is 16.2 Å².